The molecule has 0 saturated carbocycles. The smallest absolute Gasteiger partial charge is 0.321 e. The summed E-state index contributed by atoms with van der Waals surface area (Å²) in [6.45, 7) is 1.89. The maximum Gasteiger partial charge on any atom is 0.321 e. The fourth-order valence-corrected chi connectivity index (χ4v) is 1.66. The zero-order valence-corrected chi connectivity index (χ0v) is 9.36. The molecule has 0 saturated heterocycles. The van der Waals surface area contributed by atoms with E-state index in [0.29, 0.717) is 6.54 Å². The number of hydrogen-bond acceptors (Lipinski definition) is 3. The minimum Gasteiger partial charge on any atom is -0.371 e. The molecule has 0 spiro atoms. The van der Waals surface area contributed by atoms with Crippen molar-refractivity contribution in [2.45, 2.75) is 13.5 Å². The Balaban J connectivity index is 2.11. The molecule has 0 bridgehead atoms. The van der Waals surface area contributed by atoms with Crippen molar-refractivity contribution in [3.63, 3.8) is 0 Å². The molecule has 4 heteroatoms. The van der Waals surface area contributed by atoms with E-state index in [-0.39, 0.29) is 5.97 Å². The van der Waals surface area contributed by atoms with Gasteiger partial charge < -0.3 is 9.40 Å². The second kappa shape index (κ2) is 4.37. The molecule has 0 radical (unpaired) electrons. The van der Waals surface area contributed by atoms with E-state index in [9.17, 15) is 4.79 Å². The van der Waals surface area contributed by atoms with Gasteiger partial charge in [0, 0.05) is 25.7 Å². The molecule has 1 N–H and O–H groups in total. The van der Waals surface area contributed by atoms with E-state index < -0.39 is 0 Å². The molecule has 0 fully saturated rings. The number of carbonyl (C=O) groups excluding carboxylic acids is 1. The Morgan fingerprint density at radius 3 is 3.00 bits per heavy atom. The lowest BCUT2D eigenvalue weighted by atomic mass is 10.1. The van der Waals surface area contributed by atoms with Gasteiger partial charge in [0.05, 0.1) is 6.54 Å². The van der Waals surface area contributed by atoms with Crippen LogP contribution >= 0.6 is 0 Å². The molecule has 1 aromatic carbocycles. The number of rotatable bonds is 3. The van der Waals surface area contributed by atoms with Crippen LogP contribution in [0.4, 0.5) is 0 Å². The van der Waals surface area contributed by atoms with Crippen LogP contribution in [0, 0.1) is 0 Å². The van der Waals surface area contributed by atoms with Crippen LogP contribution in [0.2, 0.25) is 0 Å². The zero-order chi connectivity index (χ0) is 11.5. The molecule has 1 aromatic heterocycles. The average molecular weight is 218 g/mol. The molecule has 0 aliphatic heterocycles. The van der Waals surface area contributed by atoms with E-state index in [2.05, 4.69) is 33.1 Å². The van der Waals surface area contributed by atoms with Crippen LogP contribution < -0.4 is 5.48 Å². The molecule has 2 aromatic rings. The summed E-state index contributed by atoms with van der Waals surface area (Å²) >= 11 is 0. The Morgan fingerprint density at radius 2 is 2.25 bits per heavy atom. The first-order chi connectivity index (χ1) is 7.66. The molecule has 0 atom stereocenters. The van der Waals surface area contributed by atoms with Gasteiger partial charge in [0.1, 0.15) is 0 Å². The number of hydroxylamine groups is 1. The Kier molecular flexibility index (Phi) is 2.92. The first kappa shape index (κ1) is 10.7. The highest BCUT2D eigenvalue weighted by Crippen LogP contribution is 2.16. The lowest BCUT2D eigenvalue weighted by Gasteiger charge is -2.04. The molecule has 2 rings (SSSR count). The number of nitrogens with zero attached hydrogens (tertiary/aromatic N) is 1. The fourth-order valence-electron chi connectivity index (χ4n) is 1.66. The number of nitrogens with one attached hydrogen (secondary N) is 1. The minimum absolute atomic E-state index is 0.333. The van der Waals surface area contributed by atoms with Crippen LogP contribution in [-0.4, -0.2) is 10.5 Å². The predicted molar refractivity (Wildman–Crippen MR) is 61.5 cm³/mol. The topological polar surface area (TPSA) is 43.3 Å². The number of fused-ring (bicyclic) bond motifs is 1. The summed E-state index contributed by atoms with van der Waals surface area (Å²) in [5, 5.41) is 1.18. The van der Waals surface area contributed by atoms with Gasteiger partial charge in [-0.2, -0.15) is 0 Å². The number of hydrogen-bond donors (Lipinski definition) is 1. The lowest BCUT2D eigenvalue weighted by Crippen LogP contribution is -2.17. The first-order valence-electron chi connectivity index (χ1n) is 5.11. The SMILES string of the molecule is CC(=O)ONCc1ccc2c(ccn2C)c1. The molecule has 1 heterocycles. The molecule has 0 amide bonds. The van der Waals surface area contributed by atoms with Crippen LogP contribution in [-0.2, 0) is 23.2 Å². The van der Waals surface area contributed by atoms with Crippen LogP contribution in [0.1, 0.15) is 12.5 Å². The van der Waals surface area contributed by atoms with Gasteiger partial charge in [-0.05, 0) is 29.1 Å². The molecular weight excluding hydrogens is 204 g/mol. The van der Waals surface area contributed by atoms with Crippen molar-refractivity contribution < 1.29 is 9.63 Å². The van der Waals surface area contributed by atoms with Crippen LogP contribution in [0.25, 0.3) is 10.9 Å². The highest BCUT2D eigenvalue weighted by molar-refractivity contribution is 5.80. The van der Waals surface area contributed by atoms with Crippen LogP contribution in [0.5, 0.6) is 0 Å². The number of benzene rings is 1. The monoisotopic (exact) mass is 218 g/mol. The second-order valence-corrected chi connectivity index (χ2v) is 3.73. The lowest BCUT2D eigenvalue weighted by molar-refractivity contribution is -0.148. The van der Waals surface area contributed by atoms with E-state index in [1.165, 1.54) is 17.8 Å². The standard InChI is InChI=1S/C12H14N2O2/c1-9(15)16-13-8-10-3-4-12-11(7-10)5-6-14(12)2/h3-7,13H,8H2,1-2H3. The highest BCUT2D eigenvalue weighted by atomic mass is 16.7. The summed E-state index contributed by atoms with van der Waals surface area (Å²) in [5.41, 5.74) is 4.89. The molecule has 0 unspecified atom stereocenters. The van der Waals surface area contributed by atoms with E-state index in [1.54, 1.807) is 0 Å². The summed E-state index contributed by atoms with van der Waals surface area (Å²) in [5.74, 6) is -0.333. The number of aryl methyl sites for hydroxylation is 1. The first-order valence-corrected chi connectivity index (χ1v) is 5.11. The third kappa shape index (κ3) is 2.23. The second-order valence-electron chi connectivity index (χ2n) is 3.73. The van der Waals surface area contributed by atoms with Crippen molar-refractivity contribution >= 4 is 16.9 Å². The van der Waals surface area contributed by atoms with Gasteiger partial charge in [0.2, 0.25) is 0 Å². The molecule has 0 aliphatic rings. The molecule has 84 valence electrons. The van der Waals surface area contributed by atoms with Crippen LogP contribution in [0.15, 0.2) is 30.5 Å². The van der Waals surface area contributed by atoms with E-state index >= 15 is 0 Å². The average Bonchev–Trinajstić information content (AvgIpc) is 2.60. The van der Waals surface area contributed by atoms with Gasteiger partial charge in [0.25, 0.3) is 0 Å². The van der Waals surface area contributed by atoms with Crippen LogP contribution in [0.3, 0.4) is 0 Å². The van der Waals surface area contributed by atoms with Crippen molar-refractivity contribution in [1.82, 2.24) is 10.0 Å². The predicted octanol–water partition coefficient (Wildman–Crippen LogP) is 1.75. The third-order valence-electron chi connectivity index (χ3n) is 2.44. The third-order valence-corrected chi connectivity index (χ3v) is 2.44. The van der Waals surface area contributed by atoms with Gasteiger partial charge in [-0.15, -0.1) is 5.48 Å². The normalized spacial score (nSPS) is 10.6. The largest absolute Gasteiger partial charge is 0.371 e. The molecule has 0 aliphatic carbocycles. The summed E-state index contributed by atoms with van der Waals surface area (Å²) in [6.07, 6.45) is 2.02. The van der Waals surface area contributed by atoms with Gasteiger partial charge in [-0.1, -0.05) is 6.07 Å². The summed E-state index contributed by atoms with van der Waals surface area (Å²) in [7, 11) is 2.01. The maximum atomic E-state index is 10.6. The Labute approximate surface area is 93.8 Å². The quantitative estimate of drug-likeness (QED) is 0.798. The number of carbonyl (C=O) groups is 1. The van der Waals surface area contributed by atoms with Crippen molar-refractivity contribution in [3.8, 4) is 0 Å². The van der Waals surface area contributed by atoms with E-state index in [4.69, 9.17) is 0 Å². The van der Waals surface area contributed by atoms with Crippen molar-refractivity contribution in [1.29, 1.82) is 0 Å². The van der Waals surface area contributed by atoms with Crippen molar-refractivity contribution in [2.75, 3.05) is 0 Å². The molecule has 16 heavy (non-hydrogen) atoms. The summed E-state index contributed by atoms with van der Waals surface area (Å²) in [6, 6.07) is 8.20. The van der Waals surface area contributed by atoms with Crippen molar-refractivity contribution in [3.05, 3.63) is 36.0 Å². The maximum absolute atomic E-state index is 10.6. The Hall–Kier alpha value is -1.81. The molecular formula is C12H14N2O2. The van der Waals surface area contributed by atoms with Crippen molar-refractivity contribution in [2.24, 2.45) is 7.05 Å². The van der Waals surface area contributed by atoms with Gasteiger partial charge in [0.15, 0.2) is 0 Å². The minimum atomic E-state index is -0.333. The Bertz CT molecular complexity index is 517. The molecule has 4 nitrogen and oxygen atoms in total. The summed E-state index contributed by atoms with van der Waals surface area (Å²) < 4.78 is 2.07. The van der Waals surface area contributed by atoms with Gasteiger partial charge >= 0.3 is 5.97 Å². The van der Waals surface area contributed by atoms with E-state index in [0.717, 1.165) is 5.56 Å². The number of aromatic nitrogens is 1. The Morgan fingerprint density at radius 1 is 1.44 bits per heavy atom. The van der Waals surface area contributed by atoms with Gasteiger partial charge in [-0.25, -0.2) is 0 Å². The zero-order valence-electron chi connectivity index (χ0n) is 9.36. The summed E-state index contributed by atoms with van der Waals surface area (Å²) in [4.78, 5) is 15.2. The van der Waals surface area contributed by atoms with Gasteiger partial charge in [-0.3, -0.25) is 4.79 Å². The van der Waals surface area contributed by atoms with E-state index in [1.807, 2.05) is 19.3 Å². The fraction of sp³-hybridized carbons (Fsp3) is 0.250. The highest BCUT2D eigenvalue weighted by Gasteiger charge is 2.00.